The van der Waals surface area contributed by atoms with E-state index < -0.39 is 20.7 Å². The van der Waals surface area contributed by atoms with E-state index in [1.165, 1.54) is 6.26 Å². The predicted molar refractivity (Wildman–Crippen MR) is 84.1 cm³/mol. The second kappa shape index (κ2) is 6.26. The maximum absolute atomic E-state index is 13.2. The lowest BCUT2D eigenvalue weighted by Gasteiger charge is -2.10. The molecule has 0 bridgehead atoms. The first-order valence-corrected chi connectivity index (χ1v) is 9.32. The van der Waals surface area contributed by atoms with Gasteiger partial charge in [-0.25, -0.2) is 8.42 Å². The maximum atomic E-state index is 13.2. The summed E-state index contributed by atoms with van der Waals surface area (Å²) in [5.74, 6) is 0. The Morgan fingerprint density at radius 2 is 1.25 bits per heavy atom. The molecule has 0 aliphatic rings. The molecule has 2 rings (SSSR count). The highest BCUT2D eigenvalue weighted by Crippen LogP contribution is 2.26. The van der Waals surface area contributed by atoms with Gasteiger partial charge in [0.2, 0.25) is 0 Å². The fourth-order valence-corrected chi connectivity index (χ4v) is 5.01. The second-order valence-corrected chi connectivity index (χ2v) is 8.24. The first-order valence-electron chi connectivity index (χ1n) is 5.54. The molecule has 0 spiro atoms. The zero-order valence-electron chi connectivity index (χ0n) is 10.5. The fraction of sp³-hybridized carbons (Fsp3) is 0.0769. The van der Waals surface area contributed by atoms with Crippen molar-refractivity contribution in [3.8, 4) is 0 Å². The average molecular weight is 348 g/mol. The highest BCUT2D eigenvalue weighted by atomic mass is 35.5. The molecular weight excluding hydrogens is 337 g/mol. The standard InChI is InChI=1S/C13H11Cl2NO2S2/c1-19(17)16-20(18,12-6-2-10(14)3-7-12)13-8-4-11(15)5-9-13/h2-9H,1H3. The molecule has 0 aliphatic carbocycles. The Labute approximate surface area is 130 Å². The van der Waals surface area contributed by atoms with Gasteiger partial charge in [-0.3, -0.25) is 0 Å². The molecule has 0 N–H and O–H groups in total. The van der Waals surface area contributed by atoms with E-state index in [1.807, 2.05) is 0 Å². The molecule has 2 aromatic carbocycles. The monoisotopic (exact) mass is 347 g/mol. The third kappa shape index (κ3) is 3.41. The molecule has 0 amide bonds. The first-order chi connectivity index (χ1) is 9.41. The summed E-state index contributed by atoms with van der Waals surface area (Å²) in [4.78, 5) is 0.916. The molecule has 0 fully saturated rings. The van der Waals surface area contributed by atoms with Crippen molar-refractivity contribution in [1.82, 2.24) is 0 Å². The lowest BCUT2D eigenvalue weighted by atomic mass is 10.4. The molecule has 1 atom stereocenters. The largest absolute Gasteiger partial charge is 0.239 e. The molecule has 106 valence electrons. The third-order valence-corrected chi connectivity index (χ3v) is 6.48. The van der Waals surface area contributed by atoms with Crippen molar-refractivity contribution in [2.45, 2.75) is 9.79 Å². The van der Waals surface area contributed by atoms with E-state index in [9.17, 15) is 8.42 Å². The van der Waals surface area contributed by atoms with Crippen LogP contribution in [-0.2, 0) is 20.7 Å². The molecule has 20 heavy (non-hydrogen) atoms. The maximum Gasteiger partial charge on any atom is 0.145 e. The normalized spacial score (nSPS) is 12.9. The topological polar surface area (TPSA) is 46.5 Å². The van der Waals surface area contributed by atoms with Crippen LogP contribution in [0.3, 0.4) is 0 Å². The van der Waals surface area contributed by atoms with Crippen LogP contribution in [0.2, 0.25) is 10.0 Å². The van der Waals surface area contributed by atoms with Crippen molar-refractivity contribution in [3.05, 3.63) is 58.6 Å². The SMILES string of the molecule is CS(=O)N=S(=O)(c1ccc(Cl)cc1)c1ccc(Cl)cc1. The molecule has 0 saturated carbocycles. The Hall–Kier alpha value is -0.880. The number of hydrogen-bond acceptors (Lipinski definition) is 2. The Morgan fingerprint density at radius 3 is 1.55 bits per heavy atom. The van der Waals surface area contributed by atoms with Gasteiger partial charge in [0.25, 0.3) is 0 Å². The minimum Gasteiger partial charge on any atom is -0.239 e. The summed E-state index contributed by atoms with van der Waals surface area (Å²) in [6, 6.07) is 13.0. The minimum absolute atomic E-state index is 0.458. The van der Waals surface area contributed by atoms with Crippen LogP contribution in [0.25, 0.3) is 0 Å². The van der Waals surface area contributed by atoms with Gasteiger partial charge in [-0.2, -0.15) is 0 Å². The van der Waals surface area contributed by atoms with Crippen LogP contribution >= 0.6 is 23.2 Å². The third-order valence-electron chi connectivity index (χ3n) is 2.48. The molecule has 3 nitrogen and oxygen atoms in total. The lowest BCUT2D eigenvalue weighted by molar-refractivity contribution is 0.675. The van der Waals surface area contributed by atoms with E-state index in [0.717, 1.165) is 0 Å². The van der Waals surface area contributed by atoms with Gasteiger partial charge < -0.3 is 0 Å². The summed E-state index contributed by atoms with van der Waals surface area (Å²) in [6.45, 7) is 0. The molecular formula is C13H11Cl2NO2S2. The van der Waals surface area contributed by atoms with E-state index in [-0.39, 0.29) is 0 Å². The van der Waals surface area contributed by atoms with Crippen molar-refractivity contribution in [2.24, 2.45) is 3.77 Å². The van der Waals surface area contributed by atoms with Gasteiger partial charge in [-0.15, -0.1) is 3.77 Å². The molecule has 0 aliphatic heterocycles. The Bertz CT molecular complexity index is 697. The summed E-state index contributed by atoms with van der Waals surface area (Å²) in [5.41, 5.74) is 0. The summed E-state index contributed by atoms with van der Waals surface area (Å²) in [5, 5.41) is 1.06. The van der Waals surface area contributed by atoms with E-state index in [2.05, 4.69) is 3.77 Å². The number of nitrogens with zero attached hydrogens (tertiary/aromatic N) is 1. The van der Waals surface area contributed by atoms with Crippen LogP contribution in [0.5, 0.6) is 0 Å². The van der Waals surface area contributed by atoms with Crippen molar-refractivity contribution in [1.29, 1.82) is 0 Å². The summed E-state index contributed by atoms with van der Waals surface area (Å²) in [6.07, 6.45) is 1.38. The first kappa shape index (κ1) is 15.5. The number of benzene rings is 2. The molecule has 0 heterocycles. The van der Waals surface area contributed by atoms with Crippen LogP contribution in [0.4, 0.5) is 0 Å². The fourth-order valence-electron chi connectivity index (χ4n) is 1.61. The minimum atomic E-state index is -2.97. The van der Waals surface area contributed by atoms with Gasteiger partial charge in [0.15, 0.2) is 0 Å². The van der Waals surface area contributed by atoms with Gasteiger partial charge in [0, 0.05) is 16.3 Å². The van der Waals surface area contributed by atoms with Gasteiger partial charge in [-0.05, 0) is 48.5 Å². The van der Waals surface area contributed by atoms with E-state index in [4.69, 9.17) is 23.2 Å². The number of halogens is 2. The Morgan fingerprint density at radius 1 is 0.900 bits per heavy atom. The van der Waals surface area contributed by atoms with Gasteiger partial charge in [0.05, 0.1) is 9.79 Å². The zero-order chi connectivity index (χ0) is 14.8. The summed E-state index contributed by atoms with van der Waals surface area (Å²) < 4.78 is 28.6. The van der Waals surface area contributed by atoms with Crippen molar-refractivity contribution in [3.63, 3.8) is 0 Å². The molecule has 7 heteroatoms. The summed E-state index contributed by atoms with van der Waals surface area (Å²) >= 11 is 11.7. The van der Waals surface area contributed by atoms with Crippen molar-refractivity contribution < 1.29 is 8.42 Å². The van der Waals surface area contributed by atoms with Crippen LogP contribution < -0.4 is 0 Å². The Kier molecular flexibility index (Phi) is 4.86. The van der Waals surface area contributed by atoms with Crippen LogP contribution in [0.1, 0.15) is 0 Å². The smallest absolute Gasteiger partial charge is 0.145 e. The number of rotatable bonds is 3. The van der Waals surface area contributed by atoms with Gasteiger partial charge in [0.1, 0.15) is 20.7 Å². The van der Waals surface area contributed by atoms with Crippen LogP contribution in [0.15, 0.2) is 62.1 Å². The second-order valence-electron chi connectivity index (χ2n) is 3.93. The van der Waals surface area contributed by atoms with E-state index in [1.54, 1.807) is 48.5 Å². The predicted octanol–water partition coefficient (Wildman–Crippen LogP) is 4.17. The molecule has 0 radical (unpaired) electrons. The lowest BCUT2D eigenvalue weighted by Crippen LogP contribution is -2.03. The molecule has 0 saturated heterocycles. The van der Waals surface area contributed by atoms with Crippen LogP contribution in [-0.4, -0.2) is 14.7 Å². The molecule has 1 unspecified atom stereocenters. The Balaban J connectivity index is 2.69. The highest BCUT2D eigenvalue weighted by Gasteiger charge is 2.17. The summed E-state index contributed by atoms with van der Waals surface area (Å²) in [7, 11) is -4.53. The van der Waals surface area contributed by atoms with Crippen molar-refractivity contribution in [2.75, 3.05) is 6.26 Å². The number of hydrogen-bond donors (Lipinski definition) is 0. The van der Waals surface area contributed by atoms with E-state index in [0.29, 0.717) is 19.8 Å². The van der Waals surface area contributed by atoms with E-state index >= 15 is 0 Å². The van der Waals surface area contributed by atoms with Gasteiger partial charge in [-0.1, -0.05) is 23.2 Å². The zero-order valence-corrected chi connectivity index (χ0v) is 13.6. The molecule has 2 aromatic rings. The average Bonchev–Trinajstić information content (AvgIpc) is 2.39. The van der Waals surface area contributed by atoms with Gasteiger partial charge >= 0.3 is 0 Å². The quantitative estimate of drug-likeness (QED) is 0.836. The molecule has 0 aromatic heterocycles. The van der Waals surface area contributed by atoms with Crippen molar-refractivity contribution >= 4 is 43.9 Å². The van der Waals surface area contributed by atoms with Crippen LogP contribution in [0, 0.1) is 0 Å². The highest BCUT2D eigenvalue weighted by molar-refractivity contribution is 8.00.